The number of ether oxygens (including phenoxy) is 1. The van der Waals surface area contributed by atoms with Gasteiger partial charge in [-0.05, 0) is 35.9 Å². The van der Waals surface area contributed by atoms with E-state index in [9.17, 15) is 18.0 Å². The molecule has 0 aliphatic carbocycles. The Morgan fingerprint density at radius 2 is 1.97 bits per heavy atom. The van der Waals surface area contributed by atoms with Gasteiger partial charge in [0, 0.05) is 35.2 Å². The Balaban J connectivity index is 1.75. The highest BCUT2D eigenvalue weighted by atomic mass is 79.9. The van der Waals surface area contributed by atoms with Crippen molar-refractivity contribution in [2.45, 2.75) is 12.7 Å². The Kier molecular flexibility index (Phi) is 6.56. The van der Waals surface area contributed by atoms with Crippen LogP contribution < -0.4 is 15.4 Å². The molecule has 3 aromatic rings. The number of hydrogen-bond acceptors (Lipinski definition) is 5. The van der Waals surface area contributed by atoms with E-state index in [0.29, 0.717) is 18.2 Å². The lowest BCUT2D eigenvalue weighted by Crippen LogP contribution is -2.16. The summed E-state index contributed by atoms with van der Waals surface area (Å²) < 4.78 is 44.2. The van der Waals surface area contributed by atoms with Crippen molar-refractivity contribution in [2.24, 2.45) is 0 Å². The second kappa shape index (κ2) is 9.12. The van der Waals surface area contributed by atoms with E-state index >= 15 is 0 Å². The topological polar surface area (TPSA) is 76.1 Å². The highest BCUT2D eigenvalue weighted by Gasteiger charge is 2.33. The lowest BCUT2D eigenvalue weighted by molar-refractivity contribution is -0.138. The molecule has 0 fully saturated rings. The fraction of sp³-hybridized carbons (Fsp3) is 0.150. The van der Waals surface area contributed by atoms with Crippen LogP contribution >= 0.6 is 15.9 Å². The second-order valence-electron chi connectivity index (χ2n) is 6.11. The van der Waals surface area contributed by atoms with E-state index < -0.39 is 17.6 Å². The summed E-state index contributed by atoms with van der Waals surface area (Å²) in [6.07, 6.45) is -1.42. The minimum absolute atomic E-state index is 0.0182. The number of carbonyl (C=O) groups excluding carboxylic acids is 1. The average molecular weight is 481 g/mol. The summed E-state index contributed by atoms with van der Waals surface area (Å²) in [5.41, 5.74) is 0.160. The first-order chi connectivity index (χ1) is 14.3. The average Bonchev–Trinajstić information content (AvgIpc) is 2.73. The Bertz CT molecular complexity index is 1040. The normalized spacial score (nSPS) is 11.1. The van der Waals surface area contributed by atoms with Crippen LogP contribution in [0.1, 0.15) is 21.5 Å². The summed E-state index contributed by atoms with van der Waals surface area (Å²) in [5, 5.41) is 5.52. The summed E-state index contributed by atoms with van der Waals surface area (Å²) in [5.74, 6) is 0.178. The van der Waals surface area contributed by atoms with Crippen LogP contribution in [0.3, 0.4) is 0 Å². The number of nitrogens with zero attached hydrogens (tertiary/aromatic N) is 2. The third-order valence-electron chi connectivity index (χ3n) is 4.05. The van der Waals surface area contributed by atoms with E-state index in [1.165, 1.54) is 31.5 Å². The van der Waals surface area contributed by atoms with Gasteiger partial charge in [0.1, 0.15) is 5.82 Å². The quantitative estimate of drug-likeness (QED) is 0.511. The molecule has 0 aliphatic heterocycles. The van der Waals surface area contributed by atoms with Gasteiger partial charge < -0.3 is 15.4 Å². The minimum atomic E-state index is -4.55. The van der Waals surface area contributed by atoms with Gasteiger partial charge in [0.2, 0.25) is 5.88 Å². The predicted octanol–water partition coefficient (Wildman–Crippen LogP) is 5.13. The second-order valence-corrected chi connectivity index (χ2v) is 6.96. The maximum absolute atomic E-state index is 13.1. The standard InChI is InChI=1S/C20H16BrF3N4O2/c1-30-17-7-4-12(10-26-17)11-27-18-14(3-2-8-25-18)19(29)28-13-5-6-16(21)15(9-13)20(22,23)24/h2-10H,11H2,1H3,(H,25,27)(H,28,29). The number of alkyl halides is 3. The monoisotopic (exact) mass is 480 g/mol. The number of aromatic nitrogens is 2. The number of nitrogens with one attached hydrogen (secondary N) is 2. The van der Waals surface area contributed by atoms with E-state index in [1.54, 1.807) is 18.3 Å². The van der Waals surface area contributed by atoms with Crippen LogP contribution in [0.2, 0.25) is 0 Å². The van der Waals surface area contributed by atoms with Crippen LogP contribution in [0.5, 0.6) is 5.88 Å². The van der Waals surface area contributed by atoms with Gasteiger partial charge in [-0.15, -0.1) is 0 Å². The number of pyridine rings is 2. The van der Waals surface area contributed by atoms with Gasteiger partial charge in [-0.25, -0.2) is 9.97 Å². The van der Waals surface area contributed by atoms with E-state index in [4.69, 9.17) is 4.74 Å². The maximum atomic E-state index is 13.1. The fourth-order valence-corrected chi connectivity index (χ4v) is 3.04. The van der Waals surface area contributed by atoms with Crippen molar-refractivity contribution in [2.75, 3.05) is 17.7 Å². The molecular formula is C20H16BrF3N4O2. The molecule has 1 aromatic carbocycles. The van der Waals surface area contributed by atoms with Crippen molar-refractivity contribution in [1.82, 2.24) is 9.97 Å². The third kappa shape index (κ3) is 5.26. The SMILES string of the molecule is COc1ccc(CNc2ncccc2C(=O)Nc2ccc(Br)c(C(F)(F)F)c2)cn1. The third-order valence-corrected chi connectivity index (χ3v) is 4.74. The van der Waals surface area contributed by atoms with Crippen LogP contribution in [0.25, 0.3) is 0 Å². The van der Waals surface area contributed by atoms with Crippen molar-refractivity contribution >= 4 is 33.3 Å². The molecule has 6 nitrogen and oxygen atoms in total. The molecule has 156 valence electrons. The van der Waals surface area contributed by atoms with Gasteiger partial charge in [-0.1, -0.05) is 22.0 Å². The van der Waals surface area contributed by atoms with E-state index in [1.807, 2.05) is 6.07 Å². The summed E-state index contributed by atoms with van der Waals surface area (Å²) in [4.78, 5) is 20.9. The number of rotatable bonds is 6. The summed E-state index contributed by atoms with van der Waals surface area (Å²) in [7, 11) is 1.52. The summed E-state index contributed by atoms with van der Waals surface area (Å²) >= 11 is 2.88. The van der Waals surface area contributed by atoms with Crippen molar-refractivity contribution in [3.63, 3.8) is 0 Å². The Hall–Kier alpha value is -3.14. The zero-order valence-corrected chi connectivity index (χ0v) is 17.2. The van der Waals surface area contributed by atoms with Gasteiger partial charge in [-0.2, -0.15) is 13.2 Å². The number of halogens is 4. The molecule has 3 rings (SSSR count). The minimum Gasteiger partial charge on any atom is -0.481 e. The molecule has 0 radical (unpaired) electrons. The van der Waals surface area contributed by atoms with Crippen LogP contribution in [0, 0.1) is 0 Å². The predicted molar refractivity (Wildman–Crippen MR) is 109 cm³/mol. The highest BCUT2D eigenvalue weighted by molar-refractivity contribution is 9.10. The van der Waals surface area contributed by atoms with Crippen molar-refractivity contribution < 1.29 is 22.7 Å². The summed E-state index contributed by atoms with van der Waals surface area (Å²) in [6.45, 7) is 0.338. The van der Waals surface area contributed by atoms with Crippen LogP contribution in [-0.4, -0.2) is 23.0 Å². The molecule has 2 aromatic heterocycles. The van der Waals surface area contributed by atoms with E-state index in [2.05, 4.69) is 36.5 Å². The Morgan fingerprint density at radius 3 is 2.63 bits per heavy atom. The molecule has 0 bridgehead atoms. The highest BCUT2D eigenvalue weighted by Crippen LogP contribution is 2.36. The lowest BCUT2D eigenvalue weighted by Gasteiger charge is -2.13. The number of benzene rings is 1. The van der Waals surface area contributed by atoms with Crippen molar-refractivity contribution in [1.29, 1.82) is 0 Å². The molecule has 0 atom stereocenters. The molecule has 0 saturated heterocycles. The molecule has 30 heavy (non-hydrogen) atoms. The number of anilines is 2. The molecule has 10 heteroatoms. The first kappa shape index (κ1) is 21.6. The van der Waals surface area contributed by atoms with Gasteiger partial charge in [0.25, 0.3) is 5.91 Å². The molecule has 0 spiro atoms. The number of carbonyl (C=O) groups is 1. The number of amides is 1. The molecule has 1 amide bonds. The van der Waals surface area contributed by atoms with Crippen molar-refractivity contribution in [3.05, 3.63) is 76.0 Å². The molecule has 2 N–H and O–H groups in total. The maximum Gasteiger partial charge on any atom is 0.417 e. The fourth-order valence-electron chi connectivity index (χ4n) is 2.57. The molecule has 0 saturated carbocycles. The number of hydrogen-bond donors (Lipinski definition) is 2. The van der Waals surface area contributed by atoms with E-state index in [0.717, 1.165) is 11.6 Å². The zero-order valence-electron chi connectivity index (χ0n) is 15.6. The molecular weight excluding hydrogens is 465 g/mol. The lowest BCUT2D eigenvalue weighted by atomic mass is 10.1. The van der Waals surface area contributed by atoms with Gasteiger partial charge >= 0.3 is 6.18 Å². The van der Waals surface area contributed by atoms with Crippen LogP contribution in [-0.2, 0) is 12.7 Å². The van der Waals surface area contributed by atoms with Gasteiger partial charge in [0.05, 0.1) is 18.2 Å². The molecule has 0 unspecified atom stereocenters. The summed E-state index contributed by atoms with van der Waals surface area (Å²) in [6, 6.07) is 10.1. The smallest absolute Gasteiger partial charge is 0.417 e. The first-order valence-corrected chi connectivity index (χ1v) is 9.43. The molecule has 0 aliphatic rings. The van der Waals surface area contributed by atoms with E-state index in [-0.39, 0.29) is 15.7 Å². The Labute approximate surface area is 178 Å². The van der Waals surface area contributed by atoms with Crippen LogP contribution in [0.15, 0.2) is 59.3 Å². The Morgan fingerprint density at radius 1 is 1.17 bits per heavy atom. The van der Waals surface area contributed by atoms with Gasteiger partial charge in [0.15, 0.2) is 0 Å². The van der Waals surface area contributed by atoms with Gasteiger partial charge in [-0.3, -0.25) is 4.79 Å². The molecule has 2 heterocycles. The van der Waals surface area contributed by atoms with Crippen molar-refractivity contribution in [3.8, 4) is 5.88 Å². The largest absolute Gasteiger partial charge is 0.481 e. The van der Waals surface area contributed by atoms with Crippen LogP contribution in [0.4, 0.5) is 24.7 Å². The first-order valence-electron chi connectivity index (χ1n) is 8.64. The number of methoxy groups -OCH3 is 1. The zero-order chi connectivity index (χ0) is 21.7.